The molecule has 1 N–H and O–H groups in total. The van der Waals surface area contributed by atoms with Crippen LogP contribution in [0, 0.1) is 0 Å². The van der Waals surface area contributed by atoms with Crippen molar-refractivity contribution >= 4 is 11.9 Å². The Morgan fingerprint density at radius 3 is 2.22 bits per heavy atom. The van der Waals surface area contributed by atoms with Gasteiger partial charge in [0.2, 0.25) is 0 Å². The summed E-state index contributed by atoms with van der Waals surface area (Å²) >= 11 is 0. The van der Waals surface area contributed by atoms with Gasteiger partial charge in [-0.05, 0) is 11.1 Å². The van der Waals surface area contributed by atoms with Crippen LogP contribution in [0.15, 0.2) is 67.0 Å². The van der Waals surface area contributed by atoms with Crippen molar-refractivity contribution in [3.05, 3.63) is 83.7 Å². The van der Waals surface area contributed by atoms with E-state index in [2.05, 4.69) is 9.97 Å². The standard InChI is InChI=1S/C21H17N3O3/c25-20(17-11-22-19(23-12-17)14-6-2-1-3-7-14)24-13-16-9-5-4-8-15(16)10-18(24)21(26)27/h1-9,11-12,18H,10,13H2,(H,26,27). The first-order chi connectivity index (χ1) is 13.1. The van der Waals surface area contributed by atoms with E-state index < -0.39 is 12.0 Å². The summed E-state index contributed by atoms with van der Waals surface area (Å²) in [6, 6.07) is 16.2. The Morgan fingerprint density at radius 2 is 1.56 bits per heavy atom. The number of nitrogens with zero attached hydrogens (tertiary/aromatic N) is 3. The molecule has 0 radical (unpaired) electrons. The van der Waals surface area contributed by atoms with Crippen LogP contribution < -0.4 is 0 Å². The lowest BCUT2D eigenvalue weighted by Crippen LogP contribution is -2.48. The van der Waals surface area contributed by atoms with Crippen LogP contribution in [0.1, 0.15) is 21.5 Å². The number of carboxylic acid groups (broad SMARTS) is 1. The normalized spacial score (nSPS) is 15.9. The molecule has 2 heterocycles. The molecule has 1 aromatic heterocycles. The summed E-state index contributed by atoms with van der Waals surface area (Å²) < 4.78 is 0. The lowest BCUT2D eigenvalue weighted by Gasteiger charge is -2.34. The Kier molecular flexibility index (Phi) is 4.38. The molecule has 3 aromatic rings. The van der Waals surface area contributed by atoms with Crippen molar-refractivity contribution in [1.82, 2.24) is 14.9 Å². The first-order valence-corrected chi connectivity index (χ1v) is 8.61. The third-order valence-electron chi connectivity index (χ3n) is 4.73. The van der Waals surface area contributed by atoms with Gasteiger partial charge in [-0.2, -0.15) is 0 Å². The molecule has 6 heteroatoms. The van der Waals surface area contributed by atoms with Crippen molar-refractivity contribution in [3.8, 4) is 11.4 Å². The molecular weight excluding hydrogens is 342 g/mol. The van der Waals surface area contributed by atoms with Crippen LogP contribution >= 0.6 is 0 Å². The van der Waals surface area contributed by atoms with Gasteiger partial charge < -0.3 is 10.0 Å². The van der Waals surface area contributed by atoms with Gasteiger partial charge in [-0.1, -0.05) is 54.6 Å². The molecule has 0 aliphatic carbocycles. The van der Waals surface area contributed by atoms with E-state index in [1.807, 2.05) is 54.6 Å². The zero-order chi connectivity index (χ0) is 18.8. The second kappa shape index (κ2) is 6.99. The molecule has 6 nitrogen and oxygen atoms in total. The van der Waals surface area contributed by atoms with Crippen molar-refractivity contribution in [1.29, 1.82) is 0 Å². The first-order valence-electron chi connectivity index (χ1n) is 8.61. The third kappa shape index (κ3) is 3.29. The third-order valence-corrected chi connectivity index (χ3v) is 4.73. The van der Waals surface area contributed by atoms with Gasteiger partial charge in [-0.25, -0.2) is 14.8 Å². The maximum atomic E-state index is 13.0. The van der Waals surface area contributed by atoms with Gasteiger partial charge in [-0.3, -0.25) is 4.79 Å². The molecule has 2 aromatic carbocycles. The minimum Gasteiger partial charge on any atom is -0.480 e. The number of carbonyl (C=O) groups excluding carboxylic acids is 1. The summed E-state index contributed by atoms with van der Waals surface area (Å²) in [5.74, 6) is -0.873. The summed E-state index contributed by atoms with van der Waals surface area (Å²) in [6.07, 6.45) is 3.20. The smallest absolute Gasteiger partial charge is 0.326 e. The van der Waals surface area contributed by atoms with Gasteiger partial charge in [0.15, 0.2) is 5.82 Å². The topological polar surface area (TPSA) is 83.4 Å². The van der Waals surface area contributed by atoms with E-state index in [1.165, 1.54) is 17.3 Å². The second-order valence-electron chi connectivity index (χ2n) is 6.42. The minimum absolute atomic E-state index is 0.256. The largest absolute Gasteiger partial charge is 0.480 e. The molecular formula is C21H17N3O3. The average molecular weight is 359 g/mol. The number of hydrogen-bond acceptors (Lipinski definition) is 4. The van der Waals surface area contributed by atoms with Crippen molar-refractivity contribution in [2.75, 3.05) is 0 Å². The molecule has 1 atom stereocenters. The van der Waals surface area contributed by atoms with E-state index in [4.69, 9.17) is 0 Å². The highest BCUT2D eigenvalue weighted by Gasteiger charge is 2.35. The van der Waals surface area contributed by atoms with E-state index in [1.54, 1.807) is 0 Å². The van der Waals surface area contributed by atoms with Crippen molar-refractivity contribution in [2.45, 2.75) is 19.0 Å². The van der Waals surface area contributed by atoms with E-state index >= 15 is 0 Å². The fraction of sp³-hybridized carbons (Fsp3) is 0.143. The van der Waals surface area contributed by atoms with E-state index in [0.29, 0.717) is 12.2 Å². The highest BCUT2D eigenvalue weighted by molar-refractivity contribution is 5.96. The maximum absolute atomic E-state index is 13.0. The van der Waals surface area contributed by atoms with Crippen molar-refractivity contribution in [3.63, 3.8) is 0 Å². The summed E-state index contributed by atoms with van der Waals surface area (Å²) in [4.78, 5) is 34.6. The number of rotatable bonds is 3. The van der Waals surface area contributed by atoms with Crippen molar-refractivity contribution in [2.24, 2.45) is 0 Å². The summed E-state index contributed by atoms with van der Waals surface area (Å²) in [7, 11) is 0. The SMILES string of the molecule is O=C(O)C1Cc2ccccc2CN1C(=O)c1cnc(-c2ccccc2)nc1. The minimum atomic E-state index is -1.01. The molecule has 0 bridgehead atoms. The van der Waals surface area contributed by atoms with Gasteiger partial charge in [-0.15, -0.1) is 0 Å². The van der Waals surface area contributed by atoms with Gasteiger partial charge in [0.1, 0.15) is 6.04 Å². The van der Waals surface area contributed by atoms with Crippen LogP contribution in [-0.2, 0) is 17.8 Å². The lowest BCUT2D eigenvalue weighted by molar-refractivity contribution is -0.142. The van der Waals surface area contributed by atoms with Gasteiger partial charge in [0, 0.05) is 30.9 Å². The fourth-order valence-corrected chi connectivity index (χ4v) is 3.30. The number of carboxylic acids is 1. The van der Waals surface area contributed by atoms with Crippen LogP contribution in [0.3, 0.4) is 0 Å². The molecule has 1 aliphatic heterocycles. The molecule has 0 saturated heterocycles. The van der Waals surface area contributed by atoms with Gasteiger partial charge in [0.05, 0.1) is 5.56 Å². The molecule has 0 spiro atoms. The van der Waals surface area contributed by atoms with Crippen LogP contribution in [0.25, 0.3) is 11.4 Å². The Hall–Kier alpha value is -3.54. The highest BCUT2D eigenvalue weighted by Crippen LogP contribution is 2.25. The Bertz CT molecular complexity index is 987. The van der Waals surface area contributed by atoms with Crippen LogP contribution in [0.2, 0.25) is 0 Å². The summed E-state index contributed by atoms with van der Waals surface area (Å²) in [6.45, 7) is 0.256. The number of benzene rings is 2. The summed E-state index contributed by atoms with van der Waals surface area (Å²) in [5, 5.41) is 9.60. The number of fused-ring (bicyclic) bond motifs is 1. The second-order valence-corrected chi connectivity index (χ2v) is 6.42. The monoisotopic (exact) mass is 359 g/mol. The number of aliphatic carboxylic acids is 1. The Labute approximate surface area is 156 Å². The molecule has 0 saturated carbocycles. The van der Waals surface area contributed by atoms with E-state index in [9.17, 15) is 14.7 Å². The maximum Gasteiger partial charge on any atom is 0.326 e. The van der Waals surface area contributed by atoms with Gasteiger partial charge in [0.25, 0.3) is 5.91 Å². The average Bonchev–Trinajstić information content (AvgIpc) is 2.73. The zero-order valence-electron chi connectivity index (χ0n) is 14.4. The molecule has 0 fully saturated rings. The molecule has 1 unspecified atom stereocenters. The first kappa shape index (κ1) is 16.9. The predicted molar refractivity (Wildman–Crippen MR) is 98.9 cm³/mol. The molecule has 4 rings (SSSR count). The quantitative estimate of drug-likeness (QED) is 0.777. The number of amides is 1. The van der Waals surface area contributed by atoms with E-state index in [-0.39, 0.29) is 18.0 Å². The van der Waals surface area contributed by atoms with Crippen LogP contribution in [0.5, 0.6) is 0 Å². The number of carbonyl (C=O) groups is 2. The Balaban J connectivity index is 1.62. The lowest BCUT2D eigenvalue weighted by atomic mass is 9.93. The molecule has 27 heavy (non-hydrogen) atoms. The molecule has 1 amide bonds. The summed E-state index contributed by atoms with van der Waals surface area (Å²) in [5.41, 5.74) is 3.06. The van der Waals surface area contributed by atoms with Crippen LogP contribution in [0.4, 0.5) is 0 Å². The number of aromatic nitrogens is 2. The fourth-order valence-electron chi connectivity index (χ4n) is 3.30. The zero-order valence-corrected chi connectivity index (χ0v) is 14.4. The molecule has 1 aliphatic rings. The highest BCUT2D eigenvalue weighted by atomic mass is 16.4. The van der Waals surface area contributed by atoms with E-state index in [0.717, 1.165) is 16.7 Å². The van der Waals surface area contributed by atoms with Crippen LogP contribution in [-0.4, -0.2) is 37.9 Å². The van der Waals surface area contributed by atoms with Crippen molar-refractivity contribution < 1.29 is 14.7 Å². The predicted octanol–water partition coefficient (Wildman–Crippen LogP) is 2.80. The number of hydrogen-bond donors (Lipinski definition) is 1. The van der Waals surface area contributed by atoms with Gasteiger partial charge >= 0.3 is 5.97 Å². The molecule has 134 valence electrons. The Morgan fingerprint density at radius 1 is 0.926 bits per heavy atom.